The summed E-state index contributed by atoms with van der Waals surface area (Å²) in [7, 11) is 0. The number of hydrogen-bond acceptors (Lipinski definition) is 5. The summed E-state index contributed by atoms with van der Waals surface area (Å²) in [5.74, 6) is 0.0681. The molecule has 0 radical (unpaired) electrons. The molecule has 0 aliphatic heterocycles. The van der Waals surface area contributed by atoms with Gasteiger partial charge in [0.2, 0.25) is 0 Å². The van der Waals surface area contributed by atoms with Crippen LogP contribution in [-0.4, -0.2) is 20.1 Å². The lowest BCUT2D eigenvalue weighted by molar-refractivity contribution is 0.463. The quantitative estimate of drug-likeness (QED) is 0.761. The molecule has 0 saturated carbocycles. The molecule has 0 unspecified atom stereocenters. The van der Waals surface area contributed by atoms with E-state index in [-0.39, 0.29) is 5.75 Å². The van der Waals surface area contributed by atoms with Crippen LogP contribution in [0.5, 0.6) is 5.75 Å². The van der Waals surface area contributed by atoms with E-state index in [4.69, 9.17) is 5.11 Å². The largest absolute Gasteiger partial charge is 0.502 e. The van der Waals surface area contributed by atoms with Gasteiger partial charge in [0.15, 0.2) is 11.6 Å². The maximum Gasteiger partial charge on any atom is 0.293 e. The molecule has 0 fully saturated rings. The molecule has 0 spiro atoms. The molecular weight excluding hydrogens is 214 g/mol. The highest BCUT2D eigenvalue weighted by atomic mass is 32.1. The van der Waals surface area contributed by atoms with Gasteiger partial charge in [0, 0.05) is 0 Å². The van der Waals surface area contributed by atoms with E-state index in [1.807, 2.05) is 13.8 Å². The second-order valence-corrected chi connectivity index (χ2v) is 4.30. The molecule has 2 aromatic rings. The van der Waals surface area contributed by atoms with Crippen molar-refractivity contribution in [3.63, 3.8) is 0 Å². The molecular formula is C9H9N3O2S. The molecule has 2 N–H and O–H groups in total. The zero-order valence-corrected chi connectivity index (χ0v) is 9.05. The van der Waals surface area contributed by atoms with Gasteiger partial charge < -0.3 is 10.1 Å². The number of aromatic nitrogens is 3. The van der Waals surface area contributed by atoms with Crippen molar-refractivity contribution in [2.45, 2.75) is 13.8 Å². The maximum absolute atomic E-state index is 11.2. The summed E-state index contributed by atoms with van der Waals surface area (Å²) >= 11 is 1.46. The van der Waals surface area contributed by atoms with Crippen molar-refractivity contribution in [1.29, 1.82) is 0 Å². The smallest absolute Gasteiger partial charge is 0.293 e. The number of aromatic amines is 1. The average Bonchev–Trinajstić information content (AvgIpc) is 2.50. The van der Waals surface area contributed by atoms with Crippen LogP contribution in [0.15, 0.2) is 11.0 Å². The van der Waals surface area contributed by atoms with E-state index < -0.39 is 5.56 Å². The SMILES string of the molecule is Cc1nc(C)c(-c2ncc(O)c(=O)[nH]2)s1. The van der Waals surface area contributed by atoms with Gasteiger partial charge in [-0.25, -0.2) is 9.97 Å². The van der Waals surface area contributed by atoms with Gasteiger partial charge >= 0.3 is 0 Å². The van der Waals surface area contributed by atoms with Crippen LogP contribution in [0.2, 0.25) is 0 Å². The molecule has 2 rings (SSSR count). The molecule has 0 aliphatic carbocycles. The fourth-order valence-electron chi connectivity index (χ4n) is 1.25. The summed E-state index contributed by atoms with van der Waals surface area (Å²) in [4.78, 5) is 22.7. The lowest BCUT2D eigenvalue weighted by Crippen LogP contribution is -2.07. The van der Waals surface area contributed by atoms with Crippen molar-refractivity contribution in [1.82, 2.24) is 15.0 Å². The first-order valence-corrected chi connectivity index (χ1v) is 5.12. The van der Waals surface area contributed by atoms with Crippen molar-refractivity contribution < 1.29 is 5.11 Å². The van der Waals surface area contributed by atoms with E-state index >= 15 is 0 Å². The highest BCUT2D eigenvalue weighted by Gasteiger charge is 2.10. The van der Waals surface area contributed by atoms with E-state index in [1.54, 1.807) is 0 Å². The Morgan fingerprint density at radius 1 is 1.47 bits per heavy atom. The van der Waals surface area contributed by atoms with Gasteiger partial charge in [-0.1, -0.05) is 0 Å². The van der Waals surface area contributed by atoms with Crippen molar-refractivity contribution >= 4 is 11.3 Å². The van der Waals surface area contributed by atoms with Crippen LogP contribution < -0.4 is 5.56 Å². The summed E-state index contributed by atoms with van der Waals surface area (Å²) in [6.07, 6.45) is 1.14. The fraction of sp³-hybridized carbons (Fsp3) is 0.222. The van der Waals surface area contributed by atoms with Gasteiger partial charge in [-0.05, 0) is 13.8 Å². The van der Waals surface area contributed by atoms with Crippen molar-refractivity contribution in [3.8, 4) is 16.5 Å². The highest BCUT2D eigenvalue weighted by Crippen LogP contribution is 2.26. The molecule has 0 aliphatic rings. The van der Waals surface area contributed by atoms with Crippen molar-refractivity contribution in [2.24, 2.45) is 0 Å². The normalized spacial score (nSPS) is 10.5. The number of nitrogens with zero attached hydrogens (tertiary/aromatic N) is 2. The van der Waals surface area contributed by atoms with E-state index in [0.717, 1.165) is 21.8 Å². The number of H-pyrrole nitrogens is 1. The lowest BCUT2D eigenvalue weighted by atomic mass is 10.3. The van der Waals surface area contributed by atoms with Crippen LogP contribution in [0.25, 0.3) is 10.7 Å². The maximum atomic E-state index is 11.2. The topological polar surface area (TPSA) is 78.9 Å². The molecule has 0 aromatic carbocycles. The predicted molar refractivity (Wildman–Crippen MR) is 57.1 cm³/mol. The fourth-order valence-corrected chi connectivity index (χ4v) is 2.13. The summed E-state index contributed by atoms with van der Waals surface area (Å²) in [6, 6.07) is 0. The summed E-state index contributed by atoms with van der Waals surface area (Å²) in [5.41, 5.74) is 0.289. The molecule has 0 bridgehead atoms. The Hall–Kier alpha value is -1.69. The zero-order valence-electron chi connectivity index (χ0n) is 8.24. The van der Waals surface area contributed by atoms with Crippen LogP contribution in [0, 0.1) is 13.8 Å². The average molecular weight is 223 g/mol. The first-order valence-electron chi connectivity index (χ1n) is 4.30. The van der Waals surface area contributed by atoms with Crippen LogP contribution in [0.3, 0.4) is 0 Å². The van der Waals surface area contributed by atoms with Crippen molar-refractivity contribution in [2.75, 3.05) is 0 Å². The third-order valence-electron chi connectivity index (χ3n) is 1.90. The van der Waals surface area contributed by atoms with E-state index in [9.17, 15) is 4.79 Å². The molecule has 5 nitrogen and oxygen atoms in total. The van der Waals surface area contributed by atoms with Crippen LogP contribution >= 0.6 is 11.3 Å². The molecule has 2 heterocycles. The number of hydrogen-bond donors (Lipinski definition) is 2. The van der Waals surface area contributed by atoms with Gasteiger partial charge in [0.05, 0.1) is 21.8 Å². The first kappa shape index (κ1) is 9.85. The standard InChI is InChI=1S/C9H9N3O2S/c1-4-7(15-5(2)11-4)8-10-3-6(13)9(14)12-8/h3,13H,1-2H3,(H,10,12,14). The first-order chi connectivity index (χ1) is 7.08. The van der Waals surface area contributed by atoms with Crippen LogP contribution in [-0.2, 0) is 0 Å². The van der Waals surface area contributed by atoms with E-state index in [2.05, 4.69) is 15.0 Å². The third kappa shape index (κ3) is 1.75. The van der Waals surface area contributed by atoms with Gasteiger partial charge in [-0.15, -0.1) is 11.3 Å². The minimum absolute atomic E-state index is 0.377. The lowest BCUT2D eigenvalue weighted by Gasteiger charge is -1.97. The minimum atomic E-state index is -0.537. The monoisotopic (exact) mass is 223 g/mol. The summed E-state index contributed by atoms with van der Waals surface area (Å²) in [5, 5.41) is 9.96. The number of nitrogens with one attached hydrogen (secondary N) is 1. The van der Waals surface area contributed by atoms with Crippen LogP contribution in [0.1, 0.15) is 10.7 Å². The molecule has 6 heteroatoms. The number of aryl methyl sites for hydroxylation is 2. The number of rotatable bonds is 1. The van der Waals surface area contributed by atoms with Crippen molar-refractivity contribution in [3.05, 3.63) is 27.3 Å². The van der Waals surface area contributed by atoms with Gasteiger partial charge in [0.1, 0.15) is 0 Å². The van der Waals surface area contributed by atoms with Gasteiger partial charge in [-0.2, -0.15) is 0 Å². The minimum Gasteiger partial charge on any atom is -0.502 e. The third-order valence-corrected chi connectivity index (χ3v) is 2.98. The molecule has 15 heavy (non-hydrogen) atoms. The Bertz CT molecular complexity index is 559. The van der Waals surface area contributed by atoms with E-state index in [1.165, 1.54) is 11.3 Å². The van der Waals surface area contributed by atoms with Crippen LogP contribution in [0.4, 0.5) is 0 Å². The zero-order chi connectivity index (χ0) is 11.0. The second kappa shape index (κ2) is 3.47. The number of thiazole rings is 1. The second-order valence-electron chi connectivity index (χ2n) is 3.09. The summed E-state index contributed by atoms with van der Waals surface area (Å²) in [6.45, 7) is 3.74. The van der Waals surface area contributed by atoms with Gasteiger partial charge in [0.25, 0.3) is 5.56 Å². The Kier molecular flexibility index (Phi) is 2.28. The Balaban J connectivity index is 2.59. The molecule has 78 valence electrons. The molecule has 0 atom stereocenters. The Morgan fingerprint density at radius 3 is 2.73 bits per heavy atom. The van der Waals surface area contributed by atoms with E-state index in [0.29, 0.717) is 5.82 Å². The molecule has 0 saturated heterocycles. The Labute approximate surface area is 89.5 Å². The molecule has 2 aromatic heterocycles. The van der Waals surface area contributed by atoms with Gasteiger partial charge in [-0.3, -0.25) is 4.79 Å². The Morgan fingerprint density at radius 2 is 2.20 bits per heavy atom. The highest BCUT2D eigenvalue weighted by molar-refractivity contribution is 7.15. The summed E-state index contributed by atoms with van der Waals surface area (Å²) < 4.78 is 0. The molecule has 0 amide bonds. The number of aromatic hydroxyl groups is 1. The predicted octanol–water partition coefficient (Wildman–Crippen LogP) is 1.22.